The number of carbonyl (C=O) groups is 1. The molecule has 4 rings (SSSR count). The van der Waals surface area contributed by atoms with Crippen LogP contribution in [0.25, 0.3) is 0 Å². The number of fused-ring (bicyclic) bond motifs is 1. The maximum atomic E-state index is 13.3. The molecule has 1 fully saturated rings. The van der Waals surface area contributed by atoms with Crippen molar-refractivity contribution in [2.24, 2.45) is 0 Å². The number of amides is 1. The number of anilines is 1. The largest absolute Gasteiger partial charge is 0.435 e. The fourth-order valence-electron chi connectivity index (χ4n) is 3.77. The van der Waals surface area contributed by atoms with Crippen molar-refractivity contribution < 1.29 is 18.0 Å². The van der Waals surface area contributed by atoms with Gasteiger partial charge in [0.1, 0.15) is 11.9 Å². The lowest BCUT2D eigenvalue weighted by Gasteiger charge is -2.31. The highest BCUT2D eigenvalue weighted by molar-refractivity contribution is 6.42. The normalized spacial score (nSPS) is 17.3. The van der Waals surface area contributed by atoms with E-state index in [9.17, 15) is 18.0 Å². The summed E-state index contributed by atoms with van der Waals surface area (Å²) in [7, 11) is 0. The topological polar surface area (TPSA) is 50.2 Å². The van der Waals surface area contributed by atoms with E-state index in [1.165, 1.54) is 4.68 Å². The lowest BCUT2D eigenvalue weighted by Crippen LogP contribution is -2.36. The van der Waals surface area contributed by atoms with Gasteiger partial charge in [-0.3, -0.25) is 4.79 Å². The maximum absolute atomic E-state index is 13.3. The number of aromatic nitrogens is 2. The highest BCUT2D eigenvalue weighted by Crippen LogP contribution is 2.41. The fourth-order valence-corrected chi connectivity index (χ4v) is 4.07. The van der Waals surface area contributed by atoms with Gasteiger partial charge in [0.2, 0.25) is 0 Å². The number of hydrogen-bond donors (Lipinski definition) is 1. The van der Waals surface area contributed by atoms with Gasteiger partial charge in [-0.15, -0.1) is 12.8 Å². The minimum absolute atomic E-state index is 0.156. The highest BCUT2D eigenvalue weighted by Gasteiger charge is 2.40. The van der Waals surface area contributed by atoms with Gasteiger partial charge in [0.05, 0.1) is 15.6 Å². The van der Waals surface area contributed by atoms with Gasteiger partial charge in [-0.25, -0.2) is 4.68 Å². The molecule has 1 aromatic heterocycles. The quantitative estimate of drug-likeness (QED) is 0.485. The molecular formula is C23H25Cl2F3N4O. The number of likely N-dealkylation sites (tertiary alicyclic amines) is 1. The Labute approximate surface area is 201 Å². The molecule has 3 heterocycles. The van der Waals surface area contributed by atoms with Crippen LogP contribution < -0.4 is 5.32 Å². The van der Waals surface area contributed by atoms with Crippen LogP contribution in [-0.4, -0.2) is 33.7 Å². The van der Waals surface area contributed by atoms with Crippen molar-refractivity contribution in [2.45, 2.75) is 45.8 Å². The third-order valence-electron chi connectivity index (χ3n) is 5.15. The second-order valence-electron chi connectivity index (χ2n) is 7.10. The SMILES string of the molecule is C#C.CC.CC1=C(C(=O)N2CCCC2)C(c2ccc(Cl)c(Cl)c2)n2nc(C(F)(F)F)cc2N1. The first-order chi connectivity index (χ1) is 15.7. The molecule has 1 unspecified atom stereocenters. The molecular weight excluding hydrogens is 476 g/mol. The standard InChI is InChI=1S/C19H17Cl2F3N4O.C2H6.C2H2/c1-10-16(18(29)27-6-2-3-7-27)17(11-4-5-12(20)13(21)8-11)28-15(25-10)9-14(26-28)19(22,23)24;2*1-2/h4-5,8-9,17,25H,2-3,6-7H2,1H3;1-2H3;1-2H. The molecule has 0 bridgehead atoms. The number of alkyl halides is 3. The Morgan fingerprint density at radius 1 is 1.12 bits per heavy atom. The first-order valence-electron chi connectivity index (χ1n) is 10.4. The van der Waals surface area contributed by atoms with Gasteiger partial charge in [0.25, 0.3) is 5.91 Å². The van der Waals surface area contributed by atoms with Crippen molar-refractivity contribution in [1.29, 1.82) is 0 Å². The summed E-state index contributed by atoms with van der Waals surface area (Å²) in [6, 6.07) is 4.84. The maximum Gasteiger partial charge on any atom is 0.435 e. The van der Waals surface area contributed by atoms with E-state index in [-0.39, 0.29) is 16.7 Å². The number of allylic oxidation sites excluding steroid dienone is 1. The Morgan fingerprint density at radius 2 is 1.73 bits per heavy atom. The molecule has 10 heteroatoms. The number of rotatable bonds is 2. The van der Waals surface area contributed by atoms with Crippen LogP contribution in [0.15, 0.2) is 35.5 Å². The van der Waals surface area contributed by atoms with E-state index < -0.39 is 17.9 Å². The van der Waals surface area contributed by atoms with E-state index in [4.69, 9.17) is 23.2 Å². The molecule has 1 amide bonds. The first kappa shape index (κ1) is 26.6. The number of hydrogen-bond acceptors (Lipinski definition) is 3. The van der Waals surface area contributed by atoms with Gasteiger partial charge in [-0.2, -0.15) is 18.3 Å². The molecule has 5 nitrogen and oxygen atoms in total. The van der Waals surface area contributed by atoms with E-state index in [1.807, 2.05) is 13.8 Å². The Bertz CT molecular complexity index is 1050. The highest BCUT2D eigenvalue weighted by atomic mass is 35.5. The van der Waals surface area contributed by atoms with Crippen LogP contribution in [0.4, 0.5) is 19.0 Å². The molecule has 1 N–H and O–H groups in total. The molecule has 0 radical (unpaired) electrons. The van der Waals surface area contributed by atoms with Gasteiger partial charge < -0.3 is 10.2 Å². The molecule has 0 aliphatic carbocycles. The van der Waals surface area contributed by atoms with Gasteiger partial charge in [-0.1, -0.05) is 43.1 Å². The number of benzene rings is 1. The molecule has 0 saturated carbocycles. The Morgan fingerprint density at radius 3 is 2.27 bits per heavy atom. The van der Waals surface area contributed by atoms with Crippen LogP contribution in [0, 0.1) is 12.8 Å². The summed E-state index contributed by atoms with van der Waals surface area (Å²) in [5.74, 6) is -0.0675. The Kier molecular flexibility index (Phi) is 8.87. The zero-order chi connectivity index (χ0) is 24.9. The van der Waals surface area contributed by atoms with Crippen LogP contribution >= 0.6 is 23.2 Å². The molecule has 178 valence electrons. The van der Waals surface area contributed by atoms with E-state index in [0.717, 1.165) is 18.9 Å². The van der Waals surface area contributed by atoms with E-state index in [2.05, 4.69) is 23.3 Å². The molecule has 2 aromatic rings. The second kappa shape index (κ2) is 11.0. The summed E-state index contributed by atoms with van der Waals surface area (Å²) in [5.41, 5.74) is 0.322. The minimum atomic E-state index is -4.61. The molecule has 0 spiro atoms. The summed E-state index contributed by atoms with van der Waals surface area (Å²) in [6.07, 6.45) is 5.18. The van der Waals surface area contributed by atoms with Crippen LogP contribution in [0.1, 0.15) is 50.9 Å². The number of nitrogens with zero attached hydrogens (tertiary/aromatic N) is 3. The number of halogens is 5. The summed E-state index contributed by atoms with van der Waals surface area (Å²) in [6.45, 7) is 6.91. The molecule has 2 aliphatic heterocycles. The number of nitrogens with one attached hydrogen (secondary N) is 1. The van der Waals surface area contributed by atoms with E-state index in [1.54, 1.807) is 30.0 Å². The average molecular weight is 501 g/mol. The lowest BCUT2D eigenvalue weighted by atomic mass is 9.94. The van der Waals surface area contributed by atoms with Gasteiger partial charge in [0, 0.05) is 24.9 Å². The molecule has 2 aliphatic rings. The summed E-state index contributed by atoms with van der Waals surface area (Å²) in [4.78, 5) is 15.0. The smallest absolute Gasteiger partial charge is 0.344 e. The summed E-state index contributed by atoms with van der Waals surface area (Å²) in [5, 5.41) is 7.24. The van der Waals surface area contributed by atoms with Crippen molar-refractivity contribution in [3.05, 3.63) is 56.8 Å². The van der Waals surface area contributed by atoms with Crippen LogP contribution in [0.5, 0.6) is 0 Å². The third kappa shape index (κ3) is 5.48. The zero-order valence-electron chi connectivity index (χ0n) is 18.5. The zero-order valence-corrected chi connectivity index (χ0v) is 20.0. The fraction of sp³-hybridized carbons (Fsp3) is 0.391. The monoisotopic (exact) mass is 500 g/mol. The van der Waals surface area contributed by atoms with E-state index >= 15 is 0 Å². The Balaban J connectivity index is 0.000000914. The van der Waals surface area contributed by atoms with Crippen molar-refractivity contribution in [3.8, 4) is 12.8 Å². The third-order valence-corrected chi connectivity index (χ3v) is 5.89. The molecule has 1 aromatic carbocycles. The van der Waals surface area contributed by atoms with Crippen LogP contribution in [-0.2, 0) is 11.0 Å². The predicted octanol–water partition coefficient (Wildman–Crippen LogP) is 6.40. The second-order valence-corrected chi connectivity index (χ2v) is 7.91. The number of terminal acetylenes is 1. The first-order valence-corrected chi connectivity index (χ1v) is 11.1. The minimum Gasteiger partial charge on any atom is -0.344 e. The van der Waals surface area contributed by atoms with E-state index in [0.29, 0.717) is 34.9 Å². The van der Waals surface area contributed by atoms with Crippen molar-refractivity contribution in [3.63, 3.8) is 0 Å². The summed E-state index contributed by atoms with van der Waals surface area (Å²) >= 11 is 12.2. The lowest BCUT2D eigenvalue weighted by molar-refractivity contribution is -0.141. The number of carbonyl (C=O) groups excluding carboxylic acids is 1. The van der Waals surface area contributed by atoms with Crippen molar-refractivity contribution in [1.82, 2.24) is 14.7 Å². The average Bonchev–Trinajstić information content (AvgIpc) is 3.47. The molecule has 1 atom stereocenters. The molecule has 1 saturated heterocycles. The van der Waals surface area contributed by atoms with Gasteiger partial charge >= 0.3 is 6.18 Å². The van der Waals surface area contributed by atoms with Gasteiger partial charge in [0.15, 0.2) is 5.69 Å². The van der Waals surface area contributed by atoms with Crippen molar-refractivity contribution >= 4 is 34.9 Å². The molecule has 33 heavy (non-hydrogen) atoms. The van der Waals surface area contributed by atoms with Crippen LogP contribution in [0.3, 0.4) is 0 Å². The summed E-state index contributed by atoms with van der Waals surface area (Å²) < 4.78 is 41.1. The Hall–Kier alpha value is -2.63. The van der Waals surface area contributed by atoms with Crippen LogP contribution in [0.2, 0.25) is 10.0 Å². The van der Waals surface area contributed by atoms with Gasteiger partial charge in [-0.05, 0) is 37.5 Å². The van der Waals surface area contributed by atoms with Crippen molar-refractivity contribution in [2.75, 3.05) is 18.4 Å². The predicted molar refractivity (Wildman–Crippen MR) is 125 cm³/mol.